The Bertz CT molecular complexity index is 1340. The number of sulfonamides is 1. The van der Waals surface area contributed by atoms with Crippen molar-refractivity contribution >= 4 is 32.6 Å². The van der Waals surface area contributed by atoms with E-state index in [1.165, 1.54) is 6.20 Å². The molecule has 2 aliphatic rings. The van der Waals surface area contributed by atoms with Gasteiger partial charge in [-0.25, -0.2) is 26.9 Å². The first kappa shape index (κ1) is 23.5. The number of piperazine rings is 1. The molecule has 1 aliphatic carbocycles. The molecule has 0 bridgehead atoms. The van der Waals surface area contributed by atoms with Crippen LogP contribution in [0.25, 0.3) is 16.3 Å². The summed E-state index contributed by atoms with van der Waals surface area (Å²) in [6, 6.07) is 2.12. The van der Waals surface area contributed by atoms with Crippen molar-refractivity contribution in [2.24, 2.45) is 0 Å². The molecular weight excluding hydrogens is 484 g/mol. The van der Waals surface area contributed by atoms with E-state index in [0.29, 0.717) is 17.7 Å². The molecule has 2 N–H and O–H groups in total. The minimum Gasteiger partial charge on any atom is -0.364 e. The first-order valence-electron chi connectivity index (χ1n) is 11.2. The predicted octanol–water partition coefficient (Wildman–Crippen LogP) is 3.20. The van der Waals surface area contributed by atoms with Gasteiger partial charge in [0.2, 0.25) is 10.0 Å². The summed E-state index contributed by atoms with van der Waals surface area (Å²) in [5.74, 6) is 0.277. The highest BCUT2D eigenvalue weighted by Crippen LogP contribution is 2.38. The number of hydrogen-bond donors (Lipinski definition) is 2. The fraction of sp³-hybridized carbons (Fsp3) is 0.571. The van der Waals surface area contributed by atoms with Gasteiger partial charge < -0.3 is 10.2 Å². The van der Waals surface area contributed by atoms with Crippen LogP contribution in [-0.4, -0.2) is 58.2 Å². The van der Waals surface area contributed by atoms with E-state index in [-0.39, 0.29) is 33.9 Å². The van der Waals surface area contributed by atoms with Crippen molar-refractivity contribution in [1.29, 1.82) is 0 Å². The summed E-state index contributed by atoms with van der Waals surface area (Å²) in [7, 11) is -3.83. The monoisotopic (exact) mass is 511 g/mol. The van der Waals surface area contributed by atoms with Crippen LogP contribution >= 0.6 is 11.3 Å². The summed E-state index contributed by atoms with van der Waals surface area (Å²) < 4.78 is 57.4. The van der Waals surface area contributed by atoms with Crippen LogP contribution in [-0.2, 0) is 10.0 Å². The third-order valence-corrected chi connectivity index (χ3v) is 9.18. The largest absolute Gasteiger partial charge is 0.364 e. The quantitative estimate of drug-likeness (QED) is 0.524. The SMILES string of the molecule is C[C@H]1CN(c2cc(S(=O)(=O)NC3(C)CC3)cn3c(-c4nnc(C(F)F)s4)ncc23)[C@@H](C)[C@@H](C)N1. The molecular formula is C21H27F2N7O2S2. The van der Waals surface area contributed by atoms with Crippen molar-refractivity contribution in [1.82, 2.24) is 29.6 Å². The molecule has 9 nitrogen and oxygen atoms in total. The molecule has 0 radical (unpaired) electrons. The standard InChI is InChI=1S/C21H27F2N7O2S2/c1-11-9-29(13(3)12(2)25-11)15-7-14(34(31,32)28-21(4)5-6-21)10-30-16(15)8-24-18(30)20-27-26-19(33-20)17(22)23/h7-8,10-13,17,25,28H,5-6,9H2,1-4H3/t11-,12+,13-/m0/s1. The normalized spacial score (nSPS) is 24.8. The van der Waals surface area contributed by atoms with E-state index in [9.17, 15) is 17.2 Å². The summed E-state index contributed by atoms with van der Waals surface area (Å²) in [6.07, 6.45) is 1.94. The summed E-state index contributed by atoms with van der Waals surface area (Å²) >= 11 is 0.745. The highest BCUT2D eigenvalue weighted by atomic mass is 32.2. The van der Waals surface area contributed by atoms with E-state index < -0.39 is 27.0 Å². The second-order valence-electron chi connectivity index (χ2n) is 9.56. The fourth-order valence-corrected chi connectivity index (χ4v) is 6.54. The lowest BCUT2D eigenvalue weighted by atomic mass is 10.0. The Balaban J connectivity index is 1.69. The second kappa shape index (κ2) is 8.18. The highest BCUT2D eigenvalue weighted by molar-refractivity contribution is 7.89. The van der Waals surface area contributed by atoms with Crippen molar-refractivity contribution in [2.45, 2.75) is 75.5 Å². The average molecular weight is 512 g/mol. The van der Waals surface area contributed by atoms with Crippen LogP contribution in [0.2, 0.25) is 0 Å². The summed E-state index contributed by atoms with van der Waals surface area (Å²) in [6.45, 7) is 8.81. The number of imidazole rings is 1. The van der Waals surface area contributed by atoms with E-state index in [1.807, 2.05) is 6.92 Å². The van der Waals surface area contributed by atoms with Gasteiger partial charge in [-0.3, -0.25) is 4.40 Å². The van der Waals surface area contributed by atoms with Gasteiger partial charge in [0.25, 0.3) is 6.43 Å². The van der Waals surface area contributed by atoms with Crippen molar-refractivity contribution < 1.29 is 17.2 Å². The number of aromatic nitrogens is 4. The maximum Gasteiger partial charge on any atom is 0.291 e. The Morgan fingerprint density at radius 3 is 2.65 bits per heavy atom. The van der Waals surface area contributed by atoms with Gasteiger partial charge in [-0.05, 0) is 46.6 Å². The molecule has 34 heavy (non-hydrogen) atoms. The maximum absolute atomic E-state index is 13.3. The topological polar surface area (TPSA) is 105 Å². The van der Waals surface area contributed by atoms with Gasteiger partial charge in [0.05, 0.1) is 17.4 Å². The molecule has 1 aliphatic heterocycles. The predicted molar refractivity (Wildman–Crippen MR) is 126 cm³/mol. The number of nitrogens with one attached hydrogen (secondary N) is 2. The Labute approximate surface area is 200 Å². The molecule has 1 saturated carbocycles. The highest BCUT2D eigenvalue weighted by Gasteiger charge is 2.42. The molecule has 0 amide bonds. The third kappa shape index (κ3) is 4.18. The van der Waals surface area contributed by atoms with Crippen LogP contribution < -0.4 is 14.9 Å². The Hall–Kier alpha value is -2.22. The van der Waals surface area contributed by atoms with Crippen LogP contribution in [0.1, 0.15) is 52.0 Å². The third-order valence-electron chi connectivity index (χ3n) is 6.65. The summed E-state index contributed by atoms with van der Waals surface area (Å²) in [5.41, 5.74) is 0.949. The number of alkyl halides is 2. The number of nitrogens with zero attached hydrogens (tertiary/aromatic N) is 5. The Morgan fingerprint density at radius 2 is 2.00 bits per heavy atom. The van der Waals surface area contributed by atoms with Crippen LogP contribution in [0.15, 0.2) is 23.4 Å². The van der Waals surface area contributed by atoms with Gasteiger partial charge in [0.15, 0.2) is 15.8 Å². The van der Waals surface area contributed by atoms with Gasteiger partial charge in [-0.2, -0.15) is 0 Å². The van der Waals surface area contributed by atoms with Crippen molar-refractivity contribution in [3.05, 3.63) is 23.5 Å². The number of hydrogen-bond acceptors (Lipinski definition) is 8. The van der Waals surface area contributed by atoms with Gasteiger partial charge in [0.1, 0.15) is 4.90 Å². The minimum absolute atomic E-state index is 0.0807. The van der Waals surface area contributed by atoms with Crippen LogP contribution in [0.4, 0.5) is 14.5 Å². The molecule has 184 valence electrons. The van der Waals surface area contributed by atoms with Crippen LogP contribution in [0.3, 0.4) is 0 Å². The molecule has 0 spiro atoms. The second-order valence-corrected chi connectivity index (χ2v) is 12.3. The van der Waals surface area contributed by atoms with Gasteiger partial charge in [0, 0.05) is 36.4 Å². The maximum atomic E-state index is 13.3. The van der Waals surface area contributed by atoms with Gasteiger partial charge >= 0.3 is 0 Å². The minimum atomic E-state index is -3.83. The molecule has 0 unspecified atom stereocenters. The molecule has 1 saturated heterocycles. The van der Waals surface area contributed by atoms with E-state index >= 15 is 0 Å². The van der Waals surface area contributed by atoms with Crippen molar-refractivity contribution in [2.75, 3.05) is 11.4 Å². The number of rotatable bonds is 6. The zero-order chi connectivity index (χ0) is 24.4. The van der Waals surface area contributed by atoms with Gasteiger partial charge in [-0.1, -0.05) is 11.3 Å². The van der Waals surface area contributed by atoms with E-state index in [1.54, 1.807) is 16.7 Å². The number of halogens is 2. The van der Waals surface area contributed by atoms with Crippen LogP contribution in [0.5, 0.6) is 0 Å². The molecule has 5 rings (SSSR count). The molecule has 13 heteroatoms. The lowest BCUT2D eigenvalue weighted by molar-refractivity contribution is 0.150. The Kier molecular flexibility index (Phi) is 5.66. The molecule has 0 aromatic carbocycles. The van der Waals surface area contributed by atoms with Crippen LogP contribution in [0, 0.1) is 0 Å². The van der Waals surface area contributed by atoms with Gasteiger partial charge in [-0.15, -0.1) is 10.2 Å². The molecule has 3 atom stereocenters. The lowest BCUT2D eigenvalue weighted by Gasteiger charge is -2.43. The molecule has 3 aromatic rings. The van der Waals surface area contributed by atoms with E-state index in [2.05, 4.69) is 50.9 Å². The molecule has 4 heterocycles. The first-order chi connectivity index (χ1) is 16.0. The fourth-order valence-electron chi connectivity index (χ4n) is 4.37. The zero-order valence-electron chi connectivity index (χ0n) is 19.3. The summed E-state index contributed by atoms with van der Waals surface area (Å²) in [5, 5.41) is 10.8. The Morgan fingerprint density at radius 1 is 1.26 bits per heavy atom. The van der Waals surface area contributed by atoms with E-state index in [4.69, 9.17) is 0 Å². The zero-order valence-corrected chi connectivity index (χ0v) is 20.9. The average Bonchev–Trinajstić information content (AvgIpc) is 3.17. The van der Waals surface area contributed by atoms with Crippen molar-refractivity contribution in [3.63, 3.8) is 0 Å². The smallest absolute Gasteiger partial charge is 0.291 e. The first-order valence-corrected chi connectivity index (χ1v) is 13.5. The summed E-state index contributed by atoms with van der Waals surface area (Å²) in [4.78, 5) is 6.70. The molecule has 3 aromatic heterocycles. The molecule has 2 fully saturated rings. The lowest BCUT2D eigenvalue weighted by Crippen LogP contribution is -2.59. The van der Waals surface area contributed by atoms with Crippen molar-refractivity contribution in [3.8, 4) is 10.8 Å². The number of anilines is 1. The van der Waals surface area contributed by atoms with E-state index in [0.717, 1.165) is 24.2 Å². The number of pyridine rings is 1. The number of fused-ring (bicyclic) bond motifs is 1.